The van der Waals surface area contributed by atoms with Crippen molar-refractivity contribution in [3.05, 3.63) is 120 Å². The molecule has 0 amide bonds. The van der Waals surface area contributed by atoms with Gasteiger partial charge in [0.1, 0.15) is 0 Å². The molecule has 7 heteroatoms. The summed E-state index contributed by atoms with van der Waals surface area (Å²) < 4.78 is 73.8. The van der Waals surface area contributed by atoms with Gasteiger partial charge in [-0.15, -0.1) is 0 Å². The van der Waals surface area contributed by atoms with Gasteiger partial charge in [0, 0.05) is 0 Å². The van der Waals surface area contributed by atoms with Crippen LogP contribution in [0.25, 0.3) is 0 Å². The standard InChI is InChI=1S/C6HF5S.3C6H5.Sn/c7-1-2(8)4(10)6(12)5(11)3(1)9;3*1-2-4-6-5-3-1;/h12H;3*1-5H;/q;;;;+1/p-1. The molecule has 0 aliphatic rings. The molecule has 0 saturated heterocycles. The van der Waals surface area contributed by atoms with Crippen molar-refractivity contribution in [3.63, 3.8) is 0 Å². The third kappa shape index (κ3) is 3.87. The summed E-state index contributed by atoms with van der Waals surface area (Å²) in [6.45, 7) is 0. The van der Waals surface area contributed by atoms with Gasteiger partial charge in [-0.1, -0.05) is 0 Å². The van der Waals surface area contributed by atoms with E-state index in [2.05, 4.69) is 0 Å². The molecule has 0 saturated carbocycles. The summed E-state index contributed by atoms with van der Waals surface area (Å²) in [4.78, 5) is -0.844. The summed E-state index contributed by atoms with van der Waals surface area (Å²) in [5, 5.41) is 0. The maximum atomic E-state index is 14.8. The van der Waals surface area contributed by atoms with Crippen LogP contribution in [0.1, 0.15) is 0 Å². The summed E-state index contributed by atoms with van der Waals surface area (Å²) in [5.74, 6) is -9.62. The molecule has 0 atom stereocenters. The Morgan fingerprint density at radius 2 is 0.710 bits per heavy atom. The fourth-order valence-corrected chi connectivity index (χ4v) is 23.0. The molecule has 0 heterocycles. The van der Waals surface area contributed by atoms with E-state index in [1.54, 1.807) is 0 Å². The van der Waals surface area contributed by atoms with Crippen molar-refractivity contribution in [2.75, 3.05) is 0 Å². The number of rotatable bonds is 5. The molecule has 31 heavy (non-hydrogen) atoms. The van der Waals surface area contributed by atoms with Crippen molar-refractivity contribution in [2.45, 2.75) is 4.90 Å². The van der Waals surface area contributed by atoms with E-state index in [1.807, 2.05) is 91.0 Å². The van der Waals surface area contributed by atoms with Crippen LogP contribution >= 0.6 is 8.95 Å². The van der Waals surface area contributed by atoms with Gasteiger partial charge in [0.05, 0.1) is 0 Å². The molecule has 0 nitrogen and oxygen atoms in total. The molecule has 0 radical (unpaired) electrons. The van der Waals surface area contributed by atoms with Crippen LogP contribution in [0.4, 0.5) is 22.0 Å². The van der Waals surface area contributed by atoms with E-state index in [1.165, 1.54) is 0 Å². The van der Waals surface area contributed by atoms with E-state index in [-0.39, 0.29) is 0 Å². The van der Waals surface area contributed by atoms with Gasteiger partial charge in [-0.05, 0) is 0 Å². The Kier molecular flexibility index (Phi) is 6.39. The molecular weight excluding hydrogens is 534 g/mol. The zero-order valence-electron chi connectivity index (χ0n) is 16.0. The summed E-state index contributed by atoms with van der Waals surface area (Å²) in [6.07, 6.45) is 0. The minimum atomic E-state index is -4.35. The molecule has 0 spiro atoms. The van der Waals surface area contributed by atoms with Crippen LogP contribution in [0.5, 0.6) is 0 Å². The third-order valence-corrected chi connectivity index (χ3v) is 24.8. The van der Waals surface area contributed by atoms with Crippen molar-refractivity contribution in [2.24, 2.45) is 0 Å². The zero-order chi connectivity index (χ0) is 22.0. The summed E-state index contributed by atoms with van der Waals surface area (Å²) in [7, 11) is 0.799. The molecule has 0 aliphatic carbocycles. The number of benzene rings is 4. The molecule has 156 valence electrons. The Hall–Kier alpha value is -2.32. The predicted molar refractivity (Wildman–Crippen MR) is 116 cm³/mol. The molecule has 0 unspecified atom stereocenters. The first kappa shape index (κ1) is 21.9. The Bertz CT molecular complexity index is 1080. The second-order valence-corrected chi connectivity index (χ2v) is 22.1. The van der Waals surface area contributed by atoms with Gasteiger partial charge in [0.2, 0.25) is 0 Å². The van der Waals surface area contributed by atoms with Crippen LogP contribution in [-0.4, -0.2) is 17.0 Å². The van der Waals surface area contributed by atoms with Crippen molar-refractivity contribution >= 4 is 36.7 Å². The minimum absolute atomic E-state index is 0.799. The molecule has 4 aromatic carbocycles. The maximum absolute atomic E-state index is 14.8. The van der Waals surface area contributed by atoms with Gasteiger partial charge >= 0.3 is 184 Å². The van der Waals surface area contributed by atoms with Crippen LogP contribution in [0, 0.1) is 29.1 Å². The normalized spacial score (nSPS) is 11.5. The fourth-order valence-electron chi connectivity index (χ4n) is 3.52. The van der Waals surface area contributed by atoms with Crippen molar-refractivity contribution in [1.82, 2.24) is 0 Å². The first-order chi connectivity index (χ1) is 15.0. The van der Waals surface area contributed by atoms with Gasteiger partial charge in [0.25, 0.3) is 0 Å². The Morgan fingerprint density at radius 3 is 1.03 bits per heavy atom. The fraction of sp³-hybridized carbons (Fsp3) is 0. The Labute approximate surface area is 183 Å². The topological polar surface area (TPSA) is 0 Å². The van der Waals surface area contributed by atoms with E-state index in [0.29, 0.717) is 0 Å². The Balaban J connectivity index is 2.08. The summed E-state index contributed by atoms with van der Waals surface area (Å²) in [5.41, 5.74) is 0. The SMILES string of the molecule is Fc1c(F)c(F)c([S][Sn]([c]2ccccc2)([c]2ccccc2)[c]2ccccc2)c(F)c1F. The first-order valence-electron chi connectivity index (χ1n) is 9.34. The predicted octanol–water partition coefficient (Wildman–Crippen LogP) is 5.14. The van der Waals surface area contributed by atoms with Crippen molar-refractivity contribution in [1.29, 1.82) is 0 Å². The molecule has 0 bridgehead atoms. The molecular formula is C24H15F5SSn. The van der Waals surface area contributed by atoms with Gasteiger partial charge in [-0.3, -0.25) is 0 Å². The summed E-state index contributed by atoms with van der Waals surface area (Å²) in [6, 6.07) is 27.5. The van der Waals surface area contributed by atoms with E-state index in [0.717, 1.165) is 19.7 Å². The molecule has 0 aromatic heterocycles. The molecule has 0 fully saturated rings. The van der Waals surface area contributed by atoms with E-state index in [4.69, 9.17) is 0 Å². The third-order valence-electron chi connectivity index (χ3n) is 4.97. The first-order valence-corrected chi connectivity index (χ1v) is 17.9. The second-order valence-electron chi connectivity index (χ2n) is 6.78. The van der Waals surface area contributed by atoms with Crippen LogP contribution in [0.2, 0.25) is 0 Å². The number of halogens is 5. The average molecular weight is 549 g/mol. The van der Waals surface area contributed by atoms with Crippen LogP contribution in [0.3, 0.4) is 0 Å². The van der Waals surface area contributed by atoms with Crippen LogP contribution in [-0.2, 0) is 0 Å². The second kappa shape index (κ2) is 9.04. The average Bonchev–Trinajstić information content (AvgIpc) is 2.83. The van der Waals surface area contributed by atoms with Crippen LogP contribution < -0.4 is 10.7 Å². The zero-order valence-corrected chi connectivity index (χ0v) is 19.6. The van der Waals surface area contributed by atoms with Gasteiger partial charge in [-0.25, -0.2) is 0 Å². The number of hydrogen-bond donors (Lipinski definition) is 0. The quantitative estimate of drug-likeness (QED) is 0.144. The van der Waals surface area contributed by atoms with Gasteiger partial charge in [0.15, 0.2) is 0 Å². The van der Waals surface area contributed by atoms with Crippen molar-refractivity contribution in [3.8, 4) is 0 Å². The monoisotopic (exact) mass is 550 g/mol. The molecule has 0 aliphatic heterocycles. The Morgan fingerprint density at radius 1 is 0.419 bits per heavy atom. The van der Waals surface area contributed by atoms with Gasteiger partial charge in [-0.2, -0.15) is 0 Å². The molecule has 4 aromatic rings. The molecule has 0 N–H and O–H groups in total. The summed E-state index contributed by atoms with van der Waals surface area (Å²) >= 11 is -4.35. The van der Waals surface area contributed by atoms with Crippen molar-refractivity contribution < 1.29 is 22.0 Å². The molecule has 4 rings (SSSR count). The van der Waals surface area contributed by atoms with E-state index >= 15 is 0 Å². The van der Waals surface area contributed by atoms with Gasteiger partial charge < -0.3 is 0 Å². The van der Waals surface area contributed by atoms with E-state index in [9.17, 15) is 22.0 Å². The number of hydrogen-bond acceptors (Lipinski definition) is 1. The van der Waals surface area contributed by atoms with E-state index < -0.39 is 51.0 Å². The van der Waals surface area contributed by atoms with Crippen LogP contribution in [0.15, 0.2) is 95.9 Å².